The molecule has 0 bridgehead atoms. The van der Waals surface area contributed by atoms with Crippen molar-refractivity contribution in [2.45, 2.75) is 354 Å². The maximum absolute atomic E-state index is 12.9. The Morgan fingerprint density at radius 1 is 0.269 bits per heavy atom. The number of allylic oxidation sites excluding steroid dienone is 12. The summed E-state index contributed by atoms with van der Waals surface area (Å²) < 4.78 is 17.0. The Hall–Kier alpha value is -3.15. The van der Waals surface area contributed by atoms with E-state index in [1.165, 1.54) is 212 Å². The molecule has 1 atom stereocenters. The van der Waals surface area contributed by atoms with Gasteiger partial charge in [-0.3, -0.25) is 14.4 Å². The molecule has 0 aromatic carbocycles. The highest BCUT2D eigenvalue weighted by Gasteiger charge is 2.19. The number of ether oxygens (including phenoxy) is 3. The first-order chi connectivity index (χ1) is 38.5. The van der Waals surface area contributed by atoms with Gasteiger partial charge in [-0.15, -0.1) is 0 Å². The normalized spacial score (nSPS) is 12.5. The van der Waals surface area contributed by atoms with Gasteiger partial charge in [-0.1, -0.05) is 312 Å². The number of rotatable bonds is 62. The average Bonchev–Trinajstić information content (AvgIpc) is 3.44. The number of esters is 3. The SMILES string of the molecule is CC/C=C\C/C=C\C/C=C\C/C=C\C/C=C\CCCCCCCCCCCCCC(=O)OCC(COC(=O)CCCCCCC/C=C\CCCCCCC)OC(=O)CCCCCCCCCCCCCCCCCCCCC. The Kier molecular flexibility index (Phi) is 63.7. The number of hydrogen-bond donors (Lipinski definition) is 0. The van der Waals surface area contributed by atoms with Gasteiger partial charge < -0.3 is 14.2 Å². The highest BCUT2D eigenvalue weighted by atomic mass is 16.6. The molecule has 0 amide bonds. The smallest absolute Gasteiger partial charge is 0.306 e. The van der Waals surface area contributed by atoms with Gasteiger partial charge in [-0.2, -0.15) is 0 Å². The molecule has 0 aliphatic rings. The lowest BCUT2D eigenvalue weighted by Gasteiger charge is -2.18. The maximum Gasteiger partial charge on any atom is 0.306 e. The number of carbonyl (C=O) groups is 3. The van der Waals surface area contributed by atoms with Gasteiger partial charge in [0.25, 0.3) is 0 Å². The van der Waals surface area contributed by atoms with Crippen LogP contribution in [0.3, 0.4) is 0 Å². The van der Waals surface area contributed by atoms with Crippen molar-refractivity contribution in [2.75, 3.05) is 13.2 Å². The van der Waals surface area contributed by atoms with Gasteiger partial charge in [0.05, 0.1) is 0 Å². The predicted molar refractivity (Wildman–Crippen MR) is 339 cm³/mol. The molecule has 0 radical (unpaired) electrons. The number of unbranched alkanes of at least 4 members (excludes halogenated alkanes) is 39. The number of carbonyl (C=O) groups excluding carboxylic acids is 3. The molecule has 452 valence electrons. The van der Waals surface area contributed by atoms with E-state index in [0.29, 0.717) is 19.3 Å². The summed E-state index contributed by atoms with van der Waals surface area (Å²) in [5, 5.41) is 0. The van der Waals surface area contributed by atoms with Crippen molar-refractivity contribution in [1.29, 1.82) is 0 Å². The molecule has 0 spiro atoms. The van der Waals surface area contributed by atoms with Gasteiger partial charge >= 0.3 is 17.9 Å². The van der Waals surface area contributed by atoms with E-state index in [9.17, 15) is 14.4 Å². The summed E-state index contributed by atoms with van der Waals surface area (Å²) in [4.78, 5) is 38.4. The Labute approximate surface area is 484 Å². The fourth-order valence-electron chi connectivity index (χ4n) is 9.88. The van der Waals surface area contributed by atoms with Crippen molar-refractivity contribution in [1.82, 2.24) is 0 Å². The molecule has 78 heavy (non-hydrogen) atoms. The first-order valence-corrected chi connectivity index (χ1v) is 33.9. The van der Waals surface area contributed by atoms with Crippen LogP contribution in [0.15, 0.2) is 72.9 Å². The van der Waals surface area contributed by atoms with Crippen LogP contribution in [-0.2, 0) is 28.6 Å². The molecule has 0 aliphatic heterocycles. The van der Waals surface area contributed by atoms with Crippen molar-refractivity contribution in [3.05, 3.63) is 72.9 Å². The minimum atomic E-state index is -0.779. The largest absolute Gasteiger partial charge is 0.462 e. The molecule has 0 heterocycles. The van der Waals surface area contributed by atoms with Crippen molar-refractivity contribution in [2.24, 2.45) is 0 Å². The molecule has 0 aliphatic carbocycles. The third-order valence-corrected chi connectivity index (χ3v) is 14.9. The third-order valence-electron chi connectivity index (χ3n) is 14.9. The Bertz CT molecular complexity index is 1440. The second-order valence-electron chi connectivity index (χ2n) is 22.7. The van der Waals surface area contributed by atoms with Crippen LogP contribution in [-0.4, -0.2) is 37.2 Å². The lowest BCUT2D eigenvalue weighted by molar-refractivity contribution is -0.167. The standard InChI is InChI=1S/C72H128O6/c1-4-7-10-13-16-19-22-25-28-30-32-33-34-35-36-37-38-39-41-42-44-47-50-53-56-59-62-65-71(74)77-68-69(67-76-70(73)64-61-58-55-52-49-46-27-24-21-18-15-12-9-6-3)78-72(75)66-63-60-57-54-51-48-45-43-40-31-29-26-23-20-17-14-11-8-5-2/h7,10,16,19,24-25,27-28,32-33,35-36,69H,4-6,8-9,11-15,17-18,20-23,26,29-31,34,37-68H2,1-3H3/b10-7-,19-16-,27-24-,28-25-,33-32-,36-35-. The van der Waals surface area contributed by atoms with Crippen molar-refractivity contribution >= 4 is 17.9 Å². The van der Waals surface area contributed by atoms with Crippen LogP contribution < -0.4 is 0 Å². The Balaban J connectivity index is 4.29. The van der Waals surface area contributed by atoms with Gasteiger partial charge in [0.15, 0.2) is 6.10 Å². The summed E-state index contributed by atoms with van der Waals surface area (Å²) in [6.07, 6.45) is 86.3. The van der Waals surface area contributed by atoms with E-state index in [0.717, 1.165) is 96.3 Å². The Morgan fingerprint density at radius 2 is 0.500 bits per heavy atom. The van der Waals surface area contributed by atoms with Gasteiger partial charge in [-0.25, -0.2) is 0 Å². The van der Waals surface area contributed by atoms with Crippen LogP contribution in [0.25, 0.3) is 0 Å². The first kappa shape index (κ1) is 74.8. The molecule has 0 fully saturated rings. The molecular weight excluding hydrogens is 961 g/mol. The molecule has 0 saturated heterocycles. The fourth-order valence-corrected chi connectivity index (χ4v) is 9.88. The van der Waals surface area contributed by atoms with Crippen LogP contribution >= 0.6 is 0 Å². The van der Waals surface area contributed by atoms with E-state index in [2.05, 4.69) is 93.7 Å². The Morgan fingerprint density at radius 3 is 0.795 bits per heavy atom. The lowest BCUT2D eigenvalue weighted by Crippen LogP contribution is -2.30. The molecule has 6 heteroatoms. The summed E-state index contributed by atoms with van der Waals surface area (Å²) >= 11 is 0. The van der Waals surface area contributed by atoms with Crippen molar-refractivity contribution in [3.8, 4) is 0 Å². The monoisotopic (exact) mass is 1090 g/mol. The lowest BCUT2D eigenvalue weighted by atomic mass is 10.0. The third kappa shape index (κ3) is 63.7. The van der Waals surface area contributed by atoms with Crippen LogP contribution in [0.5, 0.6) is 0 Å². The van der Waals surface area contributed by atoms with E-state index in [1.807, 2.05) is 0 Å². The van der Waals surface area contributed by atoms with Crippen LogP contribution in [0, 0.1) is 0 Å². The zero-order valence-electron chi connectivity index (χ0n) is 51.9. The van der Waals surface area contributed by atoms with Crippen LogP contribution in [0.1, 0.15) is 348 Å². The second kappa shape index (κ2) is 66.4. The van der Waals surface area contributed by atoms with E-state index >= 15 is 0 Å². The molecule has 0 saturated carbocycles. The second-order valence-corrected chi connectivity index (χ2v) is 22.7. The van der Waals surface area contributed by atoms with Crippen molar-refractivity contribution < 1.29 is 28.6 Å². The van der Waals surface area contributed by atoms with Crippen molar-refractivity contribution in [3.63, 3.8) is 0 Å². The summed E-state index contributed by atoms with van der Waals surface area (Å²) in [7, 11) is 0. The topological polar surface area (TPSA) is 78.9 Å². The molecular formula is C72H128O6. The minimum absolute atomic E-state index is 0.0757. The quantitative estimate of drug-likeness (QED) is 0.0261. The summed E-state index contributed by atoms with van der Waals surface area (Å²) in [6.45, 7) is 6.56. The fraction of sp³-hybridized carbons (Fsp3) is 0.792. The predicted octanol–water partition coefficient (Wildman–Crippen LogP) is 23.3. The summed E-state index contributed by atoms with van der Waals surface area (Å²) in [5.74, 6) is -0.866. The zero-order chi connectivity index (χ0) is 56.4. The summed E-state index contributed by atoms with van der Waals surface area (Å²) in [6, 6.07) is 0. The highest BCUT2D eigenvalue weighted by molar-refractivity contribution is 5.71. The summed E-state index contributed by atoms with van der Waals surface area (Å²) in [5.41, 5.74) is 0. The molecule has 0 N–H and O–H groups in total. The first-order valence-electron chi connectivity index (χ1n) is 33.9. The molecule has 6 nitrogen and oxygen atoms in total. The average molecular weight is 1090 g/mol. The van der Waals surface area contributed by atoms with Gasteiger partial charge in [0.2, 0.25) is 0 Å². The highest BCUT2D eigenvalue weighted by Crippen LogP contribution is 2.17. The van der Waals surface area contributed by atoms with Crippen LogP contribution in [0.4, 0.5) is 0 Å². The van der Waals surface area contributed by atoms with E-state index in [4.69, 9.17) is 14.2 Å². The molecule has 0 aromatic heterocycles. The zero-order valence-corrected chi connectivity index (χ0v) is 51.9. The van der Waals surface area contributed by atoms with Gasteiger partial charge in [0, 0.05) is 19.3 Å². The van der Waals surface area contributed by atoms with E-state index < -0.39 is 6.10 Å². The number of hydrogen-bond acceptors (Lipinski definition) is 6. The molecule has 1 unspecified atom stereocenters. The van der Waals surface area contributed by atoms with Crippen LogP contribution in [0.2, 0.25) is 0 Å². The van der Waals surface area contributed by atoms with Gasteiger partial charge in [0.1, 0.15) is 13.2 Å². The molecule has 0 aromatic rings. The van der Waals surface area contributed by atoms with E-state index in [1.54, 1.807) is 0 Å². The molecule has 0 rings (SSSR count). The van der Waals surface area contributed by atoms with E-state index in [-0.39, 0.29) is 31.1 Å². The minimum Gasteiger partial charge on any atom is -0.462 e. The maximum atomic E-state index is 12.9. The van der Waals surface area contributed by atoms with Gasteiger partial charge in [-0.05, 0) is 89.9 Å².